The molecule has 0 fully saturated rings. The van der Waals surface area contributed by atoms with E-state index in [9.17, 15) is 4.79 Å². The number of hydrogen-bond donors (Lipinski definition) is 3. The van der Waals surface area contributed by atoms with Crippen LogP contribution in [0, 0.1) is 6.92 Å². The number of nitrogens with one attached hydrogen (secondary N) is 1. The maximum Gasteiger partial charge on any atom is 0.350 e. The summed E-state index contributed by atoms with van der Waals surface area (Å²) >= 11 is 0. The smallest absolute Gasteiger partial charge is 0.350 e. The number of rotatable bonds is 6. The highest BCUT2D eigenvalue weighted by molar-refractivity contribution is 5.91. The molecule has 1 heterocycles. The Labute approximate surface area is 162 Å². The molecule has 0 aliphatic rings. The molecule has 2 amide bonds. The molecule has 3 aromatic rings. The number of anilines is 1. The summed E-state index contributed by atoms with van der Waals surface area (Å²) in [6.45, 7) is 2.08. The second-order valence-electron chi connectivity index (χ2n) is 5.95. The third kappa shape index (κ3) is 3.90. The van der Waals surface area contributed by atoms with E-state index in [1.165, 1.54) is 0 Å². The van der Waals surface area contributed by atoms with Crippen LogP contribution in [0.5, 0.6) is 11.6 Å². The Morgan fingerprint density at radius 2 is 2.00 bits per heavy atom. The van der Waals surface area contributed by atoms with E-state index in [1.807, 2.05) is 42.7 Å². The summed E-state index contributed by atoms with van der Waals surface area (Å²) in [6.07, 6.45) is 1.78. The summed E-state index contributed by atoms with van der Waals surface area (Å²) in [4.78, 5) is 11.8. The number of aromatic nitrogens is 2. The first-order chi connectivity index (χ1) is 13.5. The number of carbonyl (C=O) groups is 1. The standard InChI is InChI=1S/C19H22N6O3/c1-13-6-5-8-15(25(21)19(26)22-20)14(13)12-28-18-10-11-24(23-18)16-7-3-4-9-17(16)27-2/h3-11H,12,20-21H2,1-2H3,(H,22,26). The summed E-state index contributed by atoms with van der Waals surface area (Å²) < 4.78 is 12.9. The fraction of sp³-hybridized carbons (Fsp3) is 0.158. The van der Waals surface area contributed by atoms with Gasteiger partial charge in [0.1, 0.15) is 18.0 Å². The lowest BCUT2D eigenvalue weighted by Gasteiger charge is -2.20. The number of methoxy groups -OCH3 is 1. The molecule has 146 valence electrons. The Kier molecular flexibility index (Phi) is 5.78. The van der Waals surface area contributed by atoms with Gasteiger partial charge in [-0.05, 0) is 30.7 Å². The van der Waals surface area contributed by atoms with E-state index in [2.05, 4.69) is 5.10 Å². The summed E-state index contributed by atoms with van der Waals surface area (Å²) in [5, 5.41) is 5.37. The van der Waals surface area contributed by atoms with Crippen molar-refractivity contribution < 1.29 is 14.3 Å². The van der Waals surface area contributed by atoms with Crippen molar-refractivity contribution in [1.82, 2.24) is 15.2 Å². The molecule has 0 unspecified atom stereocenters. The van der Waals surface area contributed by atoms with E-state index >= 15 is 0 Å². The Bertz CT molecular complexity index is 972. The molecule has 0 aliphatic heterocycles. The number of amides is 2. The molecule has 0 saturated carbocycles. The highest BCUT2D eigenvalue weighted by Gasteiger charge is 2.17. The largest absolute Gasteiger partial charge is 0.494 e. The van der Waals surface area contributed by atoms with Gasteiger partial charge in [0, 0.05) is 17.8 Å². The normalized spacial score (nSPS) is 10.4. The van der Waals surface area contributed by atoms with Gasteiger partial charge in [-0.3, -0.25) is 5.43 Å². The second kappa shape index (κ2) is 8.42. The van der Waals surface area contributed by atoms with Gasteiger partial charge in [0.15, 0.2) is 0 Å². The molecule has 0 atom stereocenters. The van der Waals surface area contributed by atoms with Crippen LogP contribution < -0.4 is 31.6 Å². The highest BCUT2D eigenvalue weighted by Crippen LogP contribution is 2.25. The van der Waals surface area contributed by atoms with E-state index in [0.29, 0.717) is 17.3 Å². The Balaban J connectivity index is 1.81. The van der Waals surface area contributed by atoms with Gasteiger partial charge < -0.3 is 9.47 Å². The molecule has 3 rings (SSSR count). The van der Waals surface area contributed by atoms with Gasteiger partial charge in [0.25, 0.3) is 0 Å². The Morgan fingerprint density at radius 1 is 1.21 bits per heavy atom. The number of nitrogens with two attached hydrogens (primary N) is 2. The van der Waals surface area contributed by atoms with Crippen molar-refractivity contribution in [2.24, 2.45) is 11.7 Å². The summed E-state index contributed by atoms with van der Waals surface area (Å²) in [7, 11) is 1.61. The maximum absolute atomic E-state index is 11.8. The third-order valence-corrected chi connectivity index (χ3v) is 4.25. The number of hydrazine groups is 2. The number of aryl methyl sites for hydroxylation is 1. The summed E-state index contributed by atoms with van der Waals surface area (Å²) in [6, 6.07) is 14.1. The molecule has 2 aromatic carbocycles. The van der Waals surface area contributed by atoms with E-state index in [4.69, 9.17) is 21.2 Å². The SMILES string of the molecule is COc1ccccc1-n1ccc(OCc2c(C)cccc2N(N)C(=O)NN)n1. The number of carbonyl (C=O) groups excluding carboxylic acids is 1. The van der Waals surface area contributed by atoms with Gasteiger partial charge in [-0.2, -0.15) is 0 Å². The number of para-hydroxylation sites is 2. The van der Waals surface area contributed by atoms with Gasteiger partial charge in [-0.15, -0.1) is 5.10 Å². The van der Waals surface area contributed by atoms with Crippen LogP contribution in [0.3, 0.4) is 0 Å². The molecule has 0 aliphatic carbocycles. The van der Waals surface area contributed by atoms with E-state index in [1.54, 1.807) is 36.2 Å². The van der Waals surface area contributed by atoms with Crippen LogP contribution in [-0.2, 0) is 6.61 Å². The first kappa shape index (κ1) is 19.2. The zero-order chi connectivity index (χ0) is 20.1. The minimum atomic E-state index is -0.632. The maximum atomic E-state index is 11.8. The molecule has 9 heteroatoms. The number of benzene rings is 2. The van der Waals surface area contributed by atoms with Crippen molar-refractivity contribution in [2.45, 2.75) is 13.5 Å². The monoisotopic (exact) mass is 382 g/mol. The predicted molar refractivity (Wildman–Crippen MR) is 105 cm³/mol. The quantitative estimate of drug-likeness (QED) is 0.341. The number of ether oxygens (including phenoxy) is 2. The van der Waals surface area contributed by atoms with Crippen LogP contribution in [-0.4, -0.2) is 22.9 Å². The molecule has 1 aromatic heterocycles. The zero-order valence-corrected chi connectivity index (χ0v) is 15.6. The average molecular weight is 382 g/mol. The van der Waals surface area contributed by atoms with Crippen molar-refractivity contribution in [2.75, 3.05) is 12.1 Å². The van der Waals surface area contributed by atoms with E-state index in [0.717, 1.165) is 21.8 Å². The van der Waals surface area contributed by atoms with Gasteiger partial charge in [-0.25, -0.2) is 26.2 Å². The lowest BCUT2D eigenvalue weighted by molar-refractivity contribution is 0.246. The van der Waals surface area contributed by atoms with Crippen LogP contribution in [0.1, 0.15) is 11.1 Å². The first-order valence-electron chi connectivity index (χ1n) is 8.51. The van der Waals surface area contributed by atoms with Crippen LogP contribution in [0.25, 0.3) is 5.69 Å². The minimum Gasteiger partial charge on any atom is -0.494 e. The lowest BCUT2D eigenvalue weighted by Crippen LogP contribution is -2.48. The number of urea groups is 1. The van der Waals surface area contributed by atoms with Gasteiger partial charge >= 0.3 is 6.03 Å². The molecule has 0 saturated heterocycles. The molecule has 0 spiro atoms. The Hall–Kier alpha value is -3.56. The van der Waals surface area contributed by atoms with Gasteiger partial charge in [0.05, 0.1) is 12.8 Å². The van der Waals surface area contributed by atoms with Crippen molar-refractivity contribution >= 4 is 11.7 Å². The van der Waals surface area contributed by atoms with E-state index in [-0.39, 0.29) is 6.61 Å². The zero-order valence-electron chi connectivity index (χ0n) is 15.6. The lowest BCUT2D eigenvalue weighted by atomic mass is 10.1. The summed E-state index contributed by atoms with van der Waals surface area (Å²) in [5.41, 5.74) is 4.97. The van der Waals surface area contributed by atoms with Crippen molar-refractivity contribution in [1.29, 1.82) is 0 Å². The summed E-state index contributed by atoms with van der Waals surface area (Å²) in [5.74, 6) is 12.1. The average Bonchev–Trinajstić information content (AvgIpc) is 3.20. The molecule has 0 bridgehead atoms. The molecule has 28 heavy (non-hydrogen) atoms. The highest BCUT2D eigenvalue weighted by atomic mass is 16.5. The van der Waals surface area contributed by atoms with Crippen LogP contribution in [0.4, 0.5) is 10.5 Å². The van der Waals surface area contributed by atoms with Gasteiger partial charge in [-0.1, -0.05) is 24.3 Å². The van der Waals surface area contributed by atoms with Crippen LogP contribution >= 0.6 is 0 Å². The van der Waals surface area contributed by atoms with Gasteiger partial charge in [0.2, 0.25) is 5.88 Å². The molecule has 0 radical (unpaired) electrons. The molecular weight excluding hydrogens is 360 g/mol. The number of hydrogen-bond acceptors (Lipinski definition) is 6. The topological polar surface area (TPSA) is 121 Å². The van der Waals surface area contributed by atoms with Crippen molar-refractivity contribution in [3.63, 3.8) is 0 Å². The van der Waals surface area contributed by atoms with Crippen LogP contribution in [0.15, 0.2) is 54.7 Å². The molecule has 5 N–H and O–H groups in total. The fourth-order valence-electron chi connectivity index (χ4n) is 2.76. The Morgan fingerprint density at radius 3 is 2.75 bits per heavy atom. The first-order valence-corrected chi connectivity index (χ1v) is 8.51. The molecule has 9 nitrogen and oxygen atoms in total. The van der Waals surface area contributed by atoms with Crippen molar-refractivity contribution in [3.8, 4) is 17.3 Å². The second-order valence-corrected chi connectivity index (χ2v) is 5.95. The van der Waals surface area contributed by atoms with E-state index < -0.39 is 6.03 Å². The third-order valence-electron chi connectivity index (χ3n) is 4.25. The van der Waals surface area contributed by atoms with Crippen LogP contribution in [0.2, 0.25) is 0 Å². The molecular formula is C19H22N6O3. The minimum absolute atomic E-state index is 0.177. The number of nitrogens with zero attached hydrogens (tertiary/aromatic N) is 3. The van der Waals surface area contributed by atoms with Crippen molar-refractivity contribution in [3.05, 3.63) is 65.9 Å². The predicted octanol–water partition coefficient (Wildman–Crippen LogP) is 2.03. The fourth-order valence-corrected chi connectivity index (χ4v) is 2.76.